The Balaban J connectivity index is 2.33. The number of ketones is 1. The first-order chi connectivity index (χ1) is 6.27. The molecule has 66 valence electrons. The van der Waals surface area contributed by atoms with E-state index in [9.17, 15) is 4.79 Å². The van der Waals surface area contributed by atoms with Crippen molar-refractivity contribution in [3.63, 3.8) is 0 Å². The van der Waals surface area contributed by atoms with Crippen molar-refractivity contribution in [2.75, 3.05) is 0 Å². The molecule has 0 unspecified atom stereocenters. The zero-order chi connectivity index (χ0) is 9.26. The summed E-state index contributed by atoms with van der Waals surface area (Å²) in [7, 11) is 1.81. The topological polar surface area (TPSA) is 60.7 Å². The Kier molecular flexibility index (Phi) is 1.90. The van der Waals surface area contributed by atoms with Gasteiger partial charge in [-0.15, -0.1) is 5.10 Å². The Labute approximate surface area is 78.2 Å². The van der Waals surface area contributed by atoms with Gasteiger partial charge in [0.2, 0.25) is 5.78 Å². The Morgan fingerprint density at radius 2 is 2.38 bits per heavy atom. The SMILES string of the molecule is Cn1cnc(C(=O)c2csnn2)c1. The molecule has 6 heteroatoms. The number of carbonyl (C=O) groups excluding carboxylic acids is 1. The quantitative estimate of drug-likeness (QED) is 0.653. The van der Waals surface area contributed by atoms with Gasteiger partial charge < -0.3 is 4.57 Å². The molecule has 2 aromatic rings. The van der Waals surface area contributed by atoms with Crippen molar-refractivity contribution in [3.05, 3.63) is 29.3 Å². The number of hydrogen-bond acceptors (Lipinski definition) is 5. The van der Waals surface area contributed by atoms with Crippen LogP contribution in [0.5, 0.6) is 0 Å². The lowest BCUT2D eigenvalue weighted by Gasteiger charge is -1.87. The lowest BCUT2D eigenvalue weighted by molar-refractivity contribution is 0.103. The summed E-state index contributed by atoms with van der Waals surface area (Å²) in [5, 5.41) is 5.28. The fourth-order valence-corrected chi connectivity index (χ4v) is 1.36. The highest BCUT2D eigenvalue weighted by Crippen LogP contribution is 2.05. The van der Waals surface area contributed by atoms with Gasteiger partial charge in [-0.3, -0.25) is 4.79 Å². The molecule has 5 nitrogen and oxygen atoms in total. The summed E-state index contributed by atoms with van der Waals surface area (Å²) in [4.78, 5) is 15.5. The minimum Gasteiger partial charge on any atom is -0.340 e. The van der Waals surface area contributed by atoms with Gasteiger partial charge in [0, 0.05) is 18.6 Å². The van der Waals surface area contributed by atoms with Crippen molar-refractivity contribution in [2.45, 2.75) is 0 Å². The molecule has 0 amide bonds. The Bertz CT molecular complexity index is 419. The van der Waals surface area contributed by atoms with Crippen molar-refractivity contribution >= 4 is 17.3 Å². The molecule has 0 fully saturated rings. The molecule has 0 N–H and O–H groups in total. The van der Waals surface area contributed by atoms with Crippen LogP contribution in [0.2, 0.25) is 0 Å². The maximum Gasteiger partial charge on any atom is 0.234 e. The molecule has 0 radical (unpaired) electrons. The summed E-state index contributed by atoms with van der Waals surface area (Å²) >= 11 is 1.15. The molecule has 0 aliphatic carbocycles. The number of hydrogen-bond donors (Lipinski definition) is 0. The highest BCUT2D eigenvalue weighted by molar-refractivity contribution is 7.03. The first-order valence-electron chi connectivity index (χ1n) is 3.57. The number of imidazole rings is 1. The van der Waals surface area contributed by atoms with Crippen molar-refractivity contribution in [3.8, 4) is 0 Å². The highest BCUT2D eigenvalue weighted by atomic mass is 32.1. The van der Waals surface area contributed by atoms with E-state index in [1.807, 2.05) is 7.05 Å². The van der Waals surface area contributed by atoms with Crippen molar-refractivity contribution in [1.82, 2.24) is 19.1 Å². The van der Waals surface area contributed by atoms with E-state index >= 15 is 0 Å². The molecular formula is C7H6N4OS. The Hall–Kier alpha value is -1.56. The van der Waals surface area contributed by atoms with Crippen molar-refractivity contribution in [2.24, 2.45) is 7.05 Å². The summed E-state index contributed by atoms with van der Waals surface area (Å²) in [6.45, 7) is 0. The molecule has 2 aromatic heterocycles. The van der Waals surface area contributed by atoms with Crippen LogP contribution in [0.3, 0.4) is 0 Å². The maximum absolute atomic E-state index is 11.5. The molecule has 0 aromatic carbocycles. The highest BCUT2D eigenvalue weighted by Gasteiger charge is 2.13. The van der Waals surface area contributed by atoms with Gasteiger partial charge in [0.05, 0.1) is 6.33 Å². The van der Waals surface area contributed by atoms with Gasteiger partial charge in [-0.05, 0) is 11.5 Å². The predicted molar refractivity (Wildman–Crippen MR) is 46.5 cm³/mol. The third-order valence-corrected chi connectivity index (χ3v) is 2.03. The maximum atomic E-state index is 11.5. The zero-order valence-electron chi connectivity index (χ0n) is 6.84. The van der Waals surface area contributed by atoms with Crippen LogP contribution in [-0.4, -0.2) is 24.9 Å². The average molecular weight is 194 g/mol. The third kappa shape index (κ3) is 1.48. The van der Waals surface area contributed by atoms with Crippen molar-refractivity contribution < 1.29 is 4.79 Å². The second kappa shape index (κ2) is 3.06. The molecule has 0 saturated carbocycles. The van der Waals surface area contributed by atoms with Crippen LogP contribution < -0.4 is 0 Å². The smallest absolute Gasteiger partial charge is 0.234 e. The molecular weight excluding hydrogens is 188 g/mol. The molecule has 0 atom stereocenters. The van der Waals surface area contributed by atoms with E-state index in [-0.39, 0.29) is 5.78 Å². The van der Waals surface area contributed by atoms with E-state index in [1.165, 1.54) is 0 Å². The van der Waals surface area contributed by atoms with Gasteiger partial charge in [0.15, 0.2) is 0 Å². The van der Waals surface area contributed by atoms with E-state index in [0.717, 1.165) is 11.5 Å². The van der Waals surface area contributed by atoms with Gasteiger partial charge in [-0.1, -0.05) is 4.49 Å². The van der Waals surface area contributed by atoms with Crippen LogP contribution in [0.15, 0.2) is 17.9 Å². The summed E-state index contributed by atoms with van der Waals surface area (Å²) in [5.74, 6) is -0.186. The number of aryl methyl sites for hydroxylation is 1. The zero-order valence-corrected chi connectivity index (χ0v) is 7.65. The van der Waals surface area contributed by atoms with E-state index in [2.05, 4.69) is 14.6 Å². The van der Waals surface area contributed by atoms with E-state index < -0.39 is 0 Å². The summed E-state index contributed by atoms with van der Waals surface area (Å²) < 4.78 is 5.33. The second-order valence-electron chi connectivity index (χ2n) is 2.54. The van der Waals surface area contributed by atoms with E-state index in [1.54, 1.807) is 22.5 Å². The lowest BCUT2D eigenvalue weighted by atomic mass is 10.2. The van der Waals surface area contributed by atoms with Crippen LogP contribution in [0.25, 0.3) is 0 Å². The Morgan fingerprint density at radius 3 is 2.92 bits per heavy atom. The molecule has 2 heterocycles. The average Bonchev–Trinajstić information content (AvgIpc) is 2.72. The minimum atomic E-state index is -0.186. The van der Waals surface area contributed by atoms with Gasteiger partial charge >= 0.3 is 0 Å². The fraction of sp³-hybridized carbons (Fsp3) is 0.143. The molecule has 2 rings (SSSR count). The van der Waals surface area contributed by atoms with Crippen LogP contribution in [0.1, 0.15) is 16.2 Å². The van der Waals surface area contributed by atoms with Gasteiger partial charge in [-0.2, -0.15) is 0 Å². The van der Waals surface area contributed by atoms with Gasteiger partial charge in [0.1, 0.15) is 11.4 Å². The monoisotopic (exact) mass is 194 g/mol. The number of rotatable bonds is 2. The second-order valence-corrected chi connectivity index (χ2v) is 3.15. The van der Waals surface area contributed by atoms with Crippen LogP contribution in [-0.2, 0) is 7.05 Å². The molecule has 0 aliphatic heterocycles. The first kappa shape index (κ1) is 8.06. The molecule has 0 aliphatic rings. The molecule has 13 heavy (non-hydrogen) atoms. The largest absolute Gasteiger partial charge is 0.340 e. The standard InChI is InChI=1S/C7H6N4OS/c1-11-2-5(8-4-11)7(12)6-3-13-10-9-6/h2-4H,1H3. The van der Waals surface area contributed by atoms with Crippen LogP contribution in [0.4, 0.5) is 0 Å². The fourth-order valence-electron chi connectivity index (χ4n) is 0.925. The van der Waals surface area contributed by atoms with Gasteiger partial charge in [-0.25, -0.2) is 4.98 Å². The van der Waals surface area contributed by atoms with E-state index in [4.69, 9.17) is 0 Å². The Morgan fingerprint density at radius 1 is 1.54 bits per heavy atom. The molecule has 0 bridgehead atoms. The summed E-state index contributed by atoms with van der Waals surface area (Å²) in [6.07, 6.45) is 3.23. The predicted octanol–water partition coefficient (Wildman–Crippen LogP) is 0.503. The number of aromatic nitrogens is 4. The first-order valence-corrected chi connectivity index (χ1v) is 4.41. The van der Waals surface area contributed by atoms with Gasteiger partial charge in [0.25, 0.3) is 0 Å². The lowest BCUT2D eigenvalue weighted by Crippen LogP contribution is -2.01. The number of carbonyl (C=O) groups is 1. The third-order valence-electron chi connectivity index (χ3n) is 1.53. The molecule has 0 spiro atoms. The number of nitrogens with zero attached hydrogens (tertiary/aromatic N) is 4. The normalized spacial score (nSPS) is 10.2. The summed E-state index contributed by atoms with van der Waals surface area (Å²) in [6, 6.07) is 0. The minimum absolute atomic E-state index is 0.186. The molecule has 0 saturated heterocycles. The summed E-state index contributed by atoms with van der Waals surface area (Å²) in [5.41, 5.74) is 0.749. The van der Waals surface area contributed by atoms with Crippen LogP contribution in [0, 0.1) is 0 Å². The van der Waals surface area contributed by atoms with Crippen LogP contribution >= 0.6 is 11.5 Å². The van der Waals surface area contributed by atoms with Crippen molar-refractivity contribution in [1.29, 1.82) is 0 Å². The van der Waals surface area contributed by atoms with E-state index in [0.29, 0.717) is 11.4 Å².